The van der Waals surface area contributed by atoms with Gasteiger partial charge in [0.15, 0.2) is 0 Å². The Bertz CT molecular complexity index is 139. The highest BCUT2D eigenvalue weighted by Gasteiger charge is 1.95. The van der Waals surface area contributed by atoms with Crippen LogP contribution < -0.4 is 5.73 Å². The monoisotopic (exact) mass is 130 g/mol. The Morgan fingerprint density at radius 3 is 2.88 bits per heavy atom. The molecule has 0 radical (unpaired) electrons. The molecule has 1 aliphatic rings. The first-order chi connectivity index (χ1) is 3.79. The van der Waals surface area contributed by atoms with Crippen molar-refractivity contribution < 1.29 is 0 Å². The second kappa shape index (κ2) is 2.09. The fourth-order valence-corrected chi connectivity index (χ4v) is 0.614. The molecule has 2 N–H and O–H groups in total. The van der Waals surface area contributed by atoms with Gasteiger partial charge in [-0.15, -0.1) is 0 Å². The minimum absolute atomic E-state index is 0.698. The van der Waals surface area contributed by atoms with E-state index in [1.807, 2.05) is 6.08 Å². The Kier molecular flexibility index (Phi) is 1.44. The number of hydrogen-bond donors (Lipinski definition) is 1. The van der Waals surface area contributed by atoms with Crippen molar-refractivity contribution in [3.8, 4) is 0 Å². The van der Waals surface area contributed by atoms with Gasteiger partial charge in [-0.25, -0.2) is 0 Å². The molecule has 0 saturated carbocycles. The van der Waals surface area contributed by atoms with Gasteiger partial charge in [-0.05, 0) is 12.2 Å². The van der Waals surface area contributed by atoms with Gasteiger partial charge in [0.05, 0.1) is 6.54 Å². The lowest BCUT2D eigenvalue weighted by atomic mass is 10.3. The number of rotatable bonds is 0. The number of allylic oxidation sites excluding steroid dienone is 1. The summed E-state index contributed by atoms with van der Waals surface area (Å²) in [5.74, 6) is 0. The van der Waals surface area contributed by atoms with Gasteiger partial charge < -0.3 is 5.73 Å². The van der Waals surface area contributed by atoms with Crippen LogP contribution in [0.1, 0.15) is 0 Å². The second-order valence-electron chi connectivity index (χ2n) is 1.60. The van der Waals surface area contributed by atoms with Crippen molar-refractivity contribution in [2.24, 2.45) is 5.73 Å². The van der Waals surface area contributed by atoms with Crippen molar-refractivity contribution in [2.75, 3.05) is 6.54 Å². The van der Waals surface area contributed by atoms with Gasteiger partial charge in [0, 0.05) is 23.7 Å². The van der Waals surface area contributed by atoms with Crippen LogP contribution in [0.2, 0.25) is 0 Å². The molecule has 1 heterocycles. The molecule has 0 unspecified atom stereocenters. The van der Waals surface area contributed by atoms with Crippen LogP contribution in [0.4, 0.5) is 0 Å². The first kappa shape index (κ1) is 5.51. The Morgan fingerprint density at radius 1 is 1.75 bits per heavy atom. The van der Waals surface area contributed by atoms with Crippen LogP contribution in [-0.2, 0) is 0 Å². The van der Waals surface area contributed by atoms with Crippen molar-refractivity contribution in [1.29, 1.82) is 0 Å². The number of nitrogens with zero attached hydrogens (tertiary/aromatic N) is 1. The lowest BCUT2D eigenvalue weighted by Gasteiger charge is -2.10. The molecular formula is C5H7ClN2. The molecule has 3 heteroatoms. The Labute approximate surface area is 53.3 Å². The Balaban J connectivity index is 2.58. The van der Waals surface area contributed by atoms with Gasteiger partial charge in [0.25, 0.3) is 0 Å². The third kappa shape index (κ3) is 1.17. The van der Waals surface area contributed by atoms with E-state index >= 15 is 0 Å². The third-order valence-electron chi connectivity index (χ3n) is 0.930. The SMILES string of the molecule is NC1=CCN(Cl)C=C1. The number of hydrogen-bond acceptors (Lipinski definition) is 2. The number of halogens is 1. The molecule has 0 aliphatic carbocycles. The average Bonchev–Trinajstić information content (AvgIpc) is 1.77. The predicted octanol–water partition coefficient (Wildman–Crippen LogP) is 0.812. The molecule has 0 aromatic rings. The summed E-state index contributed by atoms with van der Waals surface area (Å²) in [7, 11) is 0. The van der Waals surface area contributed by atoms with E-state index in [2.05, 4.69) is 0 Å². The molecule has 44 valence electrons. The van der Waals surface area contributed by atoms with Crippen LogP contribution in [0.5, 0.6) is 0 Å². The third-order valence-corrected chi connectivity index (χ3v) is 1.18. The highest BCUT2D eigenvalue weighted by molar-refractivity contribution is 6.14. The number of nitrogens with two attached hydrogens (primary N) is 1. The fraction of sp³-hybridized carbons (Fsp3) is 0.200. The zero-order chi connectivity index (χ0) is 5.98. The molecule has 0 saturated heterocycles. The second-order valence-corrected chi connectivity index (χ2v) is 2.04. The van der Waals surface area contributed by atoms with Crippen LogP contribution >= 0.6 is 11.8 Å². The molecule has 1 aliphatic heterocycles. The van der Waals surface area contributed by atoms with Gasteiger partial charge in [-0.2, -0.15) is 0 Å². The summed E-state index contributed by atoms with van der Waals surface area (Å²) in [4.78, 5) is 0. The topological polar surface area (TPSA) is 29.3 Å². The Morgan fingerprint density at radius 2 is 2.50 bits per heavy atom. The van der Waals surface area contributed by atoms with E-state index < -0.39 is 0 Å². The van der Waals surface area contributed by atoms with Crippen LogP contribution in [-0.4, -0.2) is 11.0 Å². The highest BCUT2D eigenvalue weighted by atomic mass is 35.5. The fourth-order valence-electron chi connectivity index (χ4n) is 0.488. The maximum atomic E-state index is 5.53. The van der Waals surface area contributed by atoms with E-state index in [-0.39, 0.29) is 0 Å². The van der Waals surface area contributed by atoms with Crippen molar-refractivity contribution in [3.63, 3.8) is 0 Å². The standard InChI is InChI=1S/C5H7ClN2/c6-8-3-1-5(7)2-4-8/h1-3H,4,7H2. The van der Waals surface area contributed by atoms with E-state index in [9.17, 15) is 0 Å². The molecule has 0 atom stereocenters. The smallest absolute Gasteiger partial charge is 0.0546 e. The zero-order valence-electron chi connectivity index (χ0n) is 4.34. The van der Waals surface area contributed by atoms with Crippen LogP contribution in [0, 0.1) is 0 Å². The van der Waals surface area contributed by atoms with Gasteiger partial charge in [-0.3, -0.25) is 4.42 Å². The summed E-state index contributed by atoms with van der Waals surface area (Å²) in [5, 5.41) is 0. The van der Waals surface area contributed by atoms with E-state index in [1.165, 1.54) is 4.42 Å². The summed E-state index contributed by atoms with van der Waals surface area (Å²) < 4.78 is 1.54. The maximum Gasteiger partial charge on any atom is 0.0546 e. The molecule has 0 spiro atoms. The molecule has 0 bridgehead atoms. The first-order valence-electron chi connectivity index (χ1n) is 2.35. The highest BCUT2D eigenvalue weighted by Crippen LogP contribution is 2.03. The van der Waals surface area contributed by atoms with Crippen molar-refractivity contribution in [2.45, 2.75) is 0 Å². The lowest BCUT2D eigenvalue weighted by molar-refractivity contribution is 0.664. The van der Waals surface area contributed by atoms with Gasteiger partial charge >= 0.3 is 0 Å². The Hall–Kier alpha value is -0.630. The predicted molar refractivity (Wildman–Crippen MR) is 34.0 cm³/mol. The van der Waals surface area contributed by atoms with Gasteiger partial charge in [-0.1, -0.05) is 0 Å². The van der Waals surface area contributed by atoms with E-state index in [4.69, 9.17) is 17.5 Å². The minimum Gasteiger partial charge on any atom is -0.399 e. The van der Waals surface area contributed by atoms with Crippen LogP contribution in [0.3, 0.4) is 0 Å². The molecule has 2 nitrogen and oxygen atoms in total. The molecule has 0 aromatic heterocycles. The van der Waals surface area contributed by atoms with Crippen molar-refractivity contribution in [1.82, 2.24) is 4.42 Å². The zero-order valence-corrected chi connectivity index (χ0v) is 5.10. The normalized spacial score (nSPS) is 18.6. The van der Waals surface area contributed by atoms with E-state index in [0.29, 0.717) is 6.54 Å². The van der Waals surface area contributed by atoms with Gasteiger partial charge in [0.2, 0.25) is 0 Å². The molecule has 8 heavy (non-hydrogen) atoms. The minimum atomic E-state index is 0.698. The van der Waals surface area contributed by atoms with E-state index in [1.54, 1.807) is 12.3 Å². The quantitative estimate of drug-likeness (QED) is 0.492. The summed E-state index contributed by atoms with van der Waals surface area (Å²) in [6, 6.07) is 0. The molecule has 0 aromatic carbocycles. The summed E-state index contributed by atoms with van der Waals surface area (Å²) >= 11 is 5.53. The van der Waals surface area contributed by atoms with Gasteiger partial charge in [0.1, 0.15) is 0 Å². The van der Waals surface area contributed by atoms with E-state index in [0.717, 1.165) is 5.70 Å². The molecule has 1 rings (SSSR count). The lowest BCUT2D eigenvalue weighted by Crippen LogP contribution is -2.10. The first-order valence-corrected chi connectivity index (χ1v) is 2.69. The van der Waals surface area contributed by atoms with Crippen molar-refractivity contribution in [3.05, 3.63) is 24.0 Å². The van der Waals surface area contributed by atoms with Crippen LogP contribution in [0.25, 0.3) is 0 Å². The molecule has 0 fully saturated rings. The molecule has 0 amide bonds. The summed E-state index contributed by atoms with van der Waals surface area (Å²) in [5.41, 5.74) is 6.17. The summed E-state index contributed by atoms with van der Waals surface area (Å²) in [6.07, 6.45) is 5.35. The van der Waals surface area contributed by atoms with Crippen molar-refractivity contribution >= 4 is 11.8 Å². The average molecular weight is 131 g/mol. The maximum absolute atomic E-state index is 5.53. The molecular weight excluding hydrogens is 124 g/mol. The van der Waals surface area contributed by atoms with Crippen LogP contribution in [0.15, 0.2) is 24.0 Å². The summed E-state index contributed by atoms with van der Waals surface area (Å²) in [6.45, 7) is 0.698. The largest absolute Gasteiger partial charge is 0.399 e.